The first-order valence-electron chi connectivity index (χ1n) is 9.83. The fraction of sp³-hybridized carbons (Fsp3) is 0.130. The van der Waals surface area contributed by atoms with Gasteiger partial charge in [-0.15, -0.1) is 0 Å². The van der Waals surface area contributed by atoms with Crippen LogP contribution in [0.15, 0.2) is 83.8 Å². The van der Waals surface area contributed by atoms with E-state index in [9.17, 15) is 31.9 Å². The molecule has 0 bridgehead atoms. The second-order valence-electron chi connectivity index (χ2n) is 7.38. The largest absolute Gasteiger partial charge is 0.480 e. The quantitative estimate of drug-likeness (QED) is 0.616. The second kappa shape index (κ2) is 8.72. The summed E-state index contributed by atoms with van der Waals surface area (Å²) >= 11 is 0. The number of carboxylic acid groups (broad SMARTS) is 1. The van der Waals surface area contributed by atoms with Crippen molar-refractivity contribution < 1.29 is 31.9 Å². The van der Waals surface area contributed by atoms with Crippen LogP contribution in [0.3, 0.4) is 0 Å². The molecule has 1 amide bonds. The number of piperazine rings is 1. The standard InChI is InChI=1S/C23H18F2N2O5S/c24-16-8-6-15(7-9-16)21-22(23(29)30)26(33(31,32)19-4-2-1-3-5-19)14-20(28)27(21)18-12-10-17(25)11-13-18/h1-13,21-22H,14H2,(H,29,30). The summed E-state index contributed by atoms with van der Waals surface area (Å²) in [5, 5.41) is 10.1. The average Bonchev–Trinajstić information content (AvgIpc) is 2.80. The fourth-order valence-corrected chi connectivity index (χ4v) is 5.44. The van der Waals surface area contributed by atoms with Crippen molar-refractivity contribution in [1.29, 1.82) is 0 Å². The molecule has 0 aromatic heterocycles. The first kappa shape index (κ1) is 22.6. The fourth-order valence-electron chi connectivity index (χ4n) is 3.88. The van der Waals surface area contributed by atoms with E-state index >= 15 is 0 Å². The first-order chi connectivity index (χ1) is 15.7. The van der Waals surface area contributed by atoms with Crippen LogP contribution in [0.1, 0.15) is 11.6 Å². The van der Waals surface area contributed by atoms with E-state index in [1.54, 1.807) is 6.07 Å². The van der Waals surface area contributed by atoms with E-state index in [-0.39, 0.29) is 16.1 Å². The topological polar surface area (TPSA) is 95.0 Å². The third-order valence-corrected chi connectivity index (χ3v) is 7.21. The number of sulfonamides is 1. The summed E-state index contributed by atoms with van der Waals surface area (Å²) in [5.41, 5.74) is 0.383. The van der Waals surface area contributed by atoms with Crippen molar-refractivity contribution in [3.05, 3.63) is 96.1 Å². The lowest BCUT2D eigenvalue weighted by Crippen LogP contribution is -2.62. The van der Waals surface area contributed by atoms with Gasteiger partial charge >= 0.3 is 5.97 Å². The van der Waals surface area contributed by atoms with Crippen LogP contribution in [-0.2, 0) is 19.6 Å². The molecular weight excluding hydrogens is 454 g/mol. The van der Waals surface area contributed by atoms with Crippen molar-refractivity contribution >= 4 is 27.6 Å². The lowest BCUT2D eigenvalue weighted by molar-refractivity contribution is -0.144. The van der Waals surface area contributed by atoms with Crippen LogP contribution < -0.4 is 4.90 Å². The van der Waals surface area contributed by atoms with Gasteiger partial charge in [0.2, 0.25) is 15.9 Å². The number of anilines is 1. The Balaban J connectivity index is 1.90. The number of hydrogen-bond acceptors (Lipinski definition) is 4. The van der Waals surface area contributed by atoms with Gasteiger partial charge < -0.3 is 10.0 Å². The minimum absolute atomic E-state index is 0.169. The van der Waals surface area contributed by atoms with Crippen LogP contribution in [0.2, 0.25) is 0 Å². The van der Waals surface area contributed by atoms with Gasteiger partial charge in [0.25, 0.3) is 0 Å². The molecule has 33 heavy (non-hydrogen) atoms. The van der Waals surface area contributed by atoms with Crippen LogP contribution in [0.4, 0.5) is 14.5 Å². The SMILES string of the molecule is O=C(O)C1C(c2ccc(F)cc2)N(c2ccc(F)cc2)C(=O)CN1S(=O)(=O)c1ccccc1. The molecule has 3 aromatic rings. The lowest BCUT2D eigenvalue weighted by atomic mass is 9.94. The predicted octanol–water partition coefficient (Wildman–Crippen LogP) is 3.20. The molecular formula is C23H18F2N2O5S. The van der Waals surface area contributed by atoms with Crippen LogP contribution in [0, 0.1) is 11.6 Å². The highest BCUT2D eigenvalue weighted by molar-refractivity contribution is 7.89. The van der Waals surface area contributed by atoms with Crippen molar-refractivity contribution in [3.63, 3.8) is 0 Å². The number of hydrogen-bond donors (Lipinski definition) is 1. The van der Waals surface area contributed by atoms with Crippen molar-refractivity contribution in [1.82, 2.24) is 4.31 Å². The van der Waals surface area contributed by atoms with E-state index in [2.05, 4.69) is 0 Å². The van der Waals surface area contributed by atoms with Crippen LogP contribution in [-0.4, -0.2) is 42.3 Å². The maximum atomic E-state index is 13.6. The van der Waals surface area contributed by atoms with Crippen LogP contribution >= 0.6 is 0 Å². The minimum atomic E-state index is -4.38. The Morgan fingerprint density at radius 1 is 0.879 bits per heavy atom. The number of aliphatic carboxylic acids is 1. The molecule has 0 spiro atoms. The van der Waals surface area contributed by atoms with Gasteiger partial charge in [0.05, 0.1) is 17.5 Å². The number of amides is 1. The molecule has 4 rings (SSSR count). The second-order valence-corrected chi connectivity index (χ2v) is 9.27. The highest BCUT2D eigenvalue weighted by atomic mass is 32.2. The molecule has 1 aliphatic rings. The van der Waals surface area contributed by atoms with E-state index in [1.807, 2.05) is 0 Å². The van der Waals surface area contributed by atoms with Crippen molar-refractivity contribution in [3.8, 4) is 0 Å². The lowest BCUT2D eigenvalue weighted by Gasteiger charge is -2.44. The molecule has 1 heterocycles. The zero-order valence-corrected chi connectivity index (χ0v) is 17.8. The van der Waals surface area contributed by atoms with E-state index in [1.165, 1.54) is 48.5 Å². The number of benzene rings is 3. The van der Waals surface area contributed by atoms with Crippen molar-refractivity contribution in [2.45, 2.75) is 17.0 Å². The molecule has 2 atom stereocenters. The summed E-state index contributed by atoms with van der Waals surface area (Å²) in [6, 6.07) is 13.7. The third kappa shape index (κ3) is 4.22. The zero-order chi connectivity index (χ0) is 23.8. The Labute approximate surface area is 188 Å². The molecule has 7 nitrogen and oxygen atoms in total. The zero-order valence-electron chi connectivity index (χ0n) is 17.0. The van der Waals surface area contributed by atoms with Gasteiger partial charge in [-0.05, 0) is 54.1 Å². The molecule has 1 fully saturated rings. The summed E-state index contributed by atoms with van der Waals surface area (Å²) in [4.78, 5) is 26.6. The molecule has 3 aromatic carbocycles. The Morgan fingerprint density at radius 3 is 1.97 bits per heavy atom. The molecule has 10 heteroatoms. The van der Waals surface area contributed by atoms with Gasteiger partial charge in [-0.1, -0.05) is 30.3 Å². The highest BCUT2D eigenvalue weighted by Gasteiger charge is 2.50. The number of carbonyl (C=O) groups is 2. The maximum Gasteiger partial charge on any atom is 0.324 e. The predicted molar refractivity (Wildman–Crippen MR) is 115 cm³/mol. The summed E-state index contributed by atoms with van der Waals surface area (Å²) in [6.45, 7) is -0.747. The van der Waals surface area contributed by atoms with Crippen LogP contribution in [0.5, 0.6) is 0 Å². The monoisotopic (exact) mass is 472 g/mol. The van der Waals surface area contributed by atoms with E-state index in [4.69, 9.17) is 0 Å². The first-order valence-corrected chi connectivity index (χ1v) is 11.3. The van der Waals surface area contributed by atoms with Gasteiger partial charge in [-0.25, -0.2) is 17.2 Å². The number of nitrogens with zero attached hydrogens (tertiary/aromatic N) is 2. The van der Waals surface area contributed by atoms with Gasteiger partial charge in [0, 0.05) is 5.69 Å². The third-order valence-electron chi connectivity index (χ3n) is 5.37. The number of carbonyl (C=O) groups excluding carboxylic acids is 1. The Morgan fingerprint density at radius 2 is 1.42 bits per heavy atom. The molecule has 1 saturated heterocycles. The molecule has 0 radical (unpaired) electrons. The summed E-state index contributed by atoms with van der Waals surface area (Å²) in [6.07, 6.45) is 0. The minimum Gasteiger partial charge on any atom is -0.480 e. The molecule has 0 aliphatic carbocycles. The van der Waals surface area contributed by atoms with Gasteiger partial charge in [0.1, 0.15) is 17.7 Å². The van der Waals surface area contributed by atoms with Gasteiger partial charge in [-0.3, -0.25) is 9.59 Å². The van der Waals surface area contributed by atoms with E-state index < -0.39 is 52.2 Å². The number of rotatable bonds is 5. The summed E-state index contributed by atoms with van der Waals surface area (Å²) < 4.78 is 54.4. The number of halogens is 2. The smallest absolute Gasteiger partial charge is 0.324 e. The van der Waals surface area contributed by atoms with Crippen LogP contribution in [0.25, 0.3) is 0 Å². The van der Waals surface area contributed by atoms with Gasteiger partial charge in [0.15, 0.2) is 0 Å². The van der Waals surface area contributed by atoms with E-state index in [0.29, 0.717) is 4.31 Å². The highest BCUT2D eigenvalue weighted by Crippen LogP contribution is 2.38. The molecule has 1 N–H and O–H groups in total. The summed E-state index contributed by atoms with van der Waals surface area (Å²) in [7, 11) is -4.38. The number of carboxylic acids is 1. The van der Waals surface area contributed by atoms with Gasteiger partial charge in [-0.2, -0.15) is 4.31 Å². The molecule has 170 valence electrons. The van der Waals surface area contributed by atoms with E-state index in [0.717, 1.165) is 29.2 Å². The van der Waals surface area contributed by atoms with Crippen molar-refractivity contribution in [2.24, 2.45) is 0 Å². The average molecular weight is 472 g/mol. The van der Waals surface area contributed by atoms with Crippen molar-refractivity contribution in [2.75, 3.05) is 11.4 Å². The Kier molecular flexibility index (Phi) is 5.96. The maximum absolute atomic E-state index is 13.6. The summed E-state index contributed by atoms with van der Waals surface area (Å²) in [5.74, 6) is -3.36. The molecule has 0 saturated carbocycles. The molecule has 2 unspecified atom stereocenters. The normalized spacial score (nSPS) is 19.5. The molecule has 1 aliphatic heterocycles. The Bertz CT molecular complexity index is 1280. The Hall–Kier alpha value is -3.63.